The molecule has 8 heteroatoms. The van der Waals surface area contributed by atoms with Crippen LogP contribution in [0.5, 0.6) is 0 Å². The number of halogens is 2. The summed E-state index contributed by atoms with van der Waals surface area (Å²) in [7, 11) is 0. The second-order valence-electron chi connectivity index (χ2n) is 4.37. The van der Waals surface area contributed by atoms with E-state index in [0.717, 1.165) is 11.8 Å². The SMILES string of the molecule is Fc1ccc(CSc2n[nH]c(Nc3cccnc3)n2)cc1F. The fraction of sp³-hybridized carbons (Fsp3) is 0.0714. The molecule has 0 bridgehead atoms. The van der Waals surface area contributed by atoms with Crippen LogP contribution in [0.2, 0.25) is 0 Å². The molecule has 0 saturated heterocycles. The number of H-pyrrole nitrogens is 1. The Balaban J connectivity index is 1.61. The van der Waals surface area contributed by atoms with E-state index >= 15 is 0 Å². The summed E-state index contributed by atoms with van der Waals surface area (Å²) in [5, 5.41) is 10.3. The van der Waals surface area contributed by atoms with Gasteiger partial charge in [0.05, 0.1) is 11.9 Å². The van der Waals surface area contributed by atoms with Crippen LogP contribution in [-0.2, 0) is 5.75 Å². The lowest BCUT2D eigenvalue weighted by molar-refractivity contribution is 0.507. The Kier molecular flexibility index (Phi) is 4.29. The van der Waals surface area contributed by atoms with Gasteiger partial charge in [0.1, 0.15) is 0 Å². The number of rotatable bonds is 5. The number of nitrogens with zero attached hydrogens (tertiary/aromatic N) is 3. The van der Waals surface area contributed by atoms with E-state index in [-0.39, 0.29) is 0 Å². The zero-order valence-corrected chi connectivity index (χ0v) is 12.1. The molecule has 0 spiro atoms. The lowest BCUT2D eigenvalue weighted by Crippen LogP contribution is -1.92. The van der Waals surface area contributed by atoms with Gasteiger partial charge >= 0.3 is 0 Å². The maximum Gasteiger partial charge on any atom is 0.224 e. The third-order valence-corrected chi connectivity index (χ3v) is 3.66. The fourth-order valence-electron chi connectivity index (χ4n) is 1.72. The van der Waals surface area contributed by atoms with Crippen LogP contribution in [0.15, 0.2) is 47.9 Å². The summed E-state index contributed by atoms with van der Waals surface area (Å²) in [6.45, 7) is 0. The highest BCUT2D eigenvalue weighted by Crippen LogP contribution is 2.22. The average Bonchev–Trinajstić information content (AvgIpc) is 2.97. The Hall–Kier alpha value is -2.48. The Morgan fingerprint density at radius 3 is 2.86 bits per heavy atom. The van der Waals surface area contributed by atoms with E-state index in [4.69, 9.17) is 0 Å². The van der Waals surface area contributed by atoms with E-state index < -0.39 is 11.6 Å². The molecule has 0 saturated carbocycles. The molecule has 112 valence electrons. The minimum atomic E-state index is -0.855. The van der Waals surface area contributed by atoms with Crippen molar-refractivity contribution in [2.24, 2.45) is 0 Å². The van der Waals surface area contributed by atoms with E-state index in [1.165, 1.54) is 23.9 Å². The summed E-state index contributed by atoms with van der Waals surface area (Å²) in [6, 6.07) is 7.47. The van der Waals surface area contributed by atoms with Gasteiger partial charge in [-0.15, -0.1) is 5.10 Å². The number of nitrogens with one attached hydrogen (secondary N) is 2. The number of hydrogen-bond donors (Lipinski definition) is 2. The Labute approximate surface area is 129 Å². The van der Waals surface area contributed by atoms with Crippen LogP contribution in [0.25, 0.3) is 0 Å². The number of aromatic amines is 1. The number of benzene rings is 1. The highest BCUT2D eigenvalue weighted by atomic mass is 32.2. The van der Waals surface area contributed by atoms with Crippen LogP contribution < -0.4 is 5.32 Å². The zero-order valence-electron chi connectivity index (χ0n) is 11.3. The predicted molar refractivity (Wildman–Crippen MR) is 79.8 cm³/mol. The predicted octanol–water partition coefficient (Wildman–Crippen LogP) is 3.51. The molecule has 0 aliphatic rings. The van der Waals surface area contributed by atoms with E-state index in [1.807, 2.05) is 6.07 Å². The smallest absolute Gasteiger partial charge is 0.224 e. The molecule has 22 heavy (non-hydrogen) atoms. The summed E-state index contributed by atoms with van der Waals surface area (Å²) >= 11 is 1.32. The van der Waals surface area contributed by atoms with Gasteiger partial charge in [0.25, 0.3) is 0 Å². The molecule has 3 rings (SSSR count). The highest BCUT2D eigenvalue weighted by Gasteiger charge is 2.07. The molecule has 1 aromatic carbocycles. The maximum atomic E-state index is 13.1. The van der Waals surface area contributed by atoms with Crippen molar-refractivity contribution >= 4 is 23.4 Å². The maximum absolute atomic E-state index is 13.1. The van der Waals surface area contributed by atoms with Gasteiger partial charge in [0.15, 0.2) is 11.6 Å². The van der Waals surface area contributed by atoms with Crippen molar-refractivity contribution in [2.45, 2.75) is 10.9 Å². The Bertz CT molecular complexity index is 763. The molecule has 0 fully saturated rings. The summed E-state index contributed by atoms with van der Waals surface area (Å²) < 4.78 is 26.0. The van der Waals surface area contributed by atoms with Gasteiger partial charge in [-0.25, -0.2) is 13.9 Å². The zero-order chi connectivity index (χ0) is 15.4. The van der Waals surface area contributed by atoms with Crippen molar-refractivity contribution in [2.75, 3.05) is 5.32 Å². The number of anilines is 2. The molecular weight excluding hydrogens is 308 g/mol. The number of hydrogen-bond acceptors (Lipinski definition) is 5. The molecule has 2 aromatic heterocycles. The van der Waals surface area contributed by atoms with Gasteiger partial charge in [-0.3, -0.25) is 4.98 Å². The number of aromatic nitrogens is 4. The molecule has 0 aliphatic carbocycles. The quantitative estimate of drug-likeness (QED) is 0.704. The van der Waals surface area contributed by atoms with Gasteiger partial charge in [-0.05, 0) is 29.8 Å². The summed E-state index contributed by atoms with van der Waals surface area (Å²) in [6.07, 6.45) is 3.34. The first-order valence-electron chi connectivity index (χ1n) is 6.37. The second-order valence-corrected chi connectivity index (χ2v) is 5.31. The van der Waals surface area contributed by atoms with E-state index in [0.29, 0.717) is 22.4 Å². The molecule has 0 radical (unpaired) electrons. The van der Waals surface area contributed by atoms with Crippen LogP contribution in [-0.4, -0.2) is 20.2 Å². The van der Waals surface area contributed by atoms with Crippen LogP contribution in [0.1, 0.15) is 5.56 Å². The molecule has 3 aromatic rings. The number of thioether (sulfide) groups is 1. The lowest BCUT2D eigenvalue weighted by atomic mass is 10.2. The largest absolute Gasteiger partial charge is 0.323 e. The van der Waals surface area contributed by atoms with Crippen molar-refractivity contribution in [3.8, 4) is 0 Å². The summed E-state index contributed by atoms with van der Waals surface area (Å²) in [5.41, 5.74) is 1.45. The van der Waals surface area contributed by atoms with Crippen molar-refractivity contribution in [3.05, 3.63) is 59.9 Å². The molecule has 0 amide bonds. The first-order chi connectivity index (χ1) is 10.7. The molecular formula is C14H11F2N5S. The summed E-state index contributed by atoms with van der Waals surface area (Å²) in [5.74, 6) is -0.774. The van der Waals surface area contributed by atoms with Crippen molar-refractivity contribution < 1.29 is 8.78 Å². The minimum absolute atomic E-state index is 0.446. The van der Waals surface area contributed by atoms with Gasteiger partial charge in [0.2, 0.25) is 11.1 Å². The lowest BCUT2D eigenvalue weighted by Gasteiger charge is -2.00. The monoisotopic (exact) mass is 319 g/mol. The third kappa shape index (κ3) is 3.59. The summed E-state index contributed by atoms with van der Waals surface area (Å²) in [4.78, 5) is 8.23. The fourth-order valence-corrected chi connectivity index (χ4v) is 2.46. The van der Waals surface area contributed by atoms with Crippen LogP contribution >= 0.6 is 11.8 Å². The third-order valence-electron chi connectivity index (χ3n) is 2.74. The molecule has 2 N–H and O–H groups in total. The van der Waals surface area contributed by atoms with E-state index in [2.05, 4.69) is 25.5 Å². The molecule has 0 atom stereocenters. The Morgan fingerprint density at radius 2 is 2.09 bits per heavy atom. The van der Waals surface area contributed by atoms with Crippen molar-refractivity contribution in [1.82, 2.24) is 20.2 Å². The Morgan fingerprint density at radius 1 is 1.18 bits per heavy atom. The molecule has 2 heterocycles. The van der Waals surface area contributed by atoms with Crippen LogP contribution in [0, 0.1) is 11.6 Å². The van der Waals surface area contributed by atoms with Gasteiger partial charge in [-0.2, -0.15) is 4.98 Å². The average molecular weight is 319 g/mol. The normalized spacial score (nSPS) is 10.6. The van der Waals surface area contributed by atoms with Gasteiger partial charge in [-0.1, -0.05) is 17.8 Å². The first-order valence-corrected chi connectivity index (χ1v) is 7.35. The van der Waals surface area contributed by atoms with Gasteiger partial charge < -0.3 is 5.32 Å². The molecule has 0 aliphatic heterocycles. The first kappa shape index (κ1) is 14.5. The van der Waals surface area contributed by atoms with Crippen LogP contribution in [0.4, 0.5) is 20.4 Å². The topological polar surface area (TPSA) is 66.5 Å². The minimum Gasteiger partial charge on any atom is -0.323 e. The second kappa shape index (κ2) is 6.52. The van der Waals surface area contributed by atoms with E-state index in [9.17, 15) is 8.78 Å². The molecule has 0 unspecified atom stereocenters. The standard InChI is InChI=1S/C14H11F2N5S/c15-11-4-3-9(6-12(11)16)8-22-14-19-13(20-21-14)18-10-2-1-5-17-7-10/h1-7H,8H2,(H2,18,19,20,21). The van der Waals surface area contributed by atoms with Crippen LogP contribution in [0.3, 0.4) is 0 Å². The van der Waals surface area contributed by atoms with E-state index in [1.54, 1.807) is 18.5 Å². The molecule has 5 nitrogen and oxygen atoms in total. The van der Waals surface area contributed by atoms with Gasteiger partial charge in [0, 0.05) is 11.9 Å². The van der Waals surface area contributed by atoms with Crippen molar-refractivity contribution in [3.63, 3.8) is 0 Å². The van der Waals surface area contributed by atoms with Crippen molar-refractivity contribution in [1.29, 1.82) is 0 Å². The number of pyridine rings is 1. The highest BCUT2D eigenvalue weighted by molar-refractivity contribution is 7.98.